The summed E-state index contributed by atoms with van der Waals surface area (Å²) in [6.45, 7) is 7.66. The number of H-pyrrole nitrogens is 1. The molecular formula is C55H47BBrClN8O8S3. The van der Waals surface area contributed by atoms with Gasteiger partial charge in [0, 0.05) is 76.9 Å². The summed E-state index contributed by atoms with van der Waals surface area (Å²) in [6, 6.07) is 34.4. The minimum Gasteiger partial charge on any atom is -0.399 e. The van der Waals surface area contributed by atoms with Gasteiger partial charge >= 0.3 is 24.6 Å². The number of thiophene rings is 3. The molecule has 1 N–H and O–H groups in total. The molecule has 1 aliphatic rings. The largest absolute Gasteiger partial charge is 0.504 e. The topological polar surface area (TPSA) is 215 Å². The summed E-state index contributed by atoms with van der Waals surface area (Å²) in [5.41, 5.74) is 2.85. The van der Waals surface area contributed by atoms with Crippen LogP contribution >= 0.6 is 61.5 Å². The molecule has 1 saturated heterocycles. The van der Waals surface area contributed by atoms with Crippen LogP contribution in [0.2, 0.25) is 5.02 Å². The zero-order chi connectivity index (χ0) is 53.7. The molecule has 77 heavy (non-hydrogen) atoms. The van der Waals surface area contributed by atoms with Crippen molar-refractivity contribution in [1.29, 1.82) is 0 Å². The van der Waals surface area contributed by atoms with Crippen LogP contribution in [0.4, 0.5) is 17.5 Å². The summed E-state index contributed by atoms with van der Waals surface area (Å²) in [4.78, 5) is 50.9. The Morgan fingerprint density at radius 2 is 1.05 bits per heavy atom. The number of hydrogen-bond donors (Lipinski definition) is 1. The molecule has 0 unspecified atom stereocenters. The van der Waals surface area contributed by atoms with E-state index >= 15 is 0 Å². The molecule has 0 spiro atoms. The number of aromatic amines is 1. The van der Waals surface area contributed by atoms with E-state index in [1.54, 1.807) is 47.1 Å². The third-order valence-corrected chi connectivity index (χ3v) is 15.9. The second-order valence-electron chi connectivity index (χ2n) is 17.8. The summed E-state index contributed by atoms with van der Waals surface area (Å²) in [5.74, 6) is -0.616. The van der Waals surface area contributed by atoms with Crippen LogP contribution in [0.15, 0.2) is 171 Å². The van der Waals surface area contributed by atoms with E-state index in [1.807, 2.05) is 128 Å². The predicted molar refractivity (Wildman–Crippen MR) is 319 cm³/mol. The van der Waals surface area contributed by atoms with Crippen LogP contribution in [-0.4, -0.2) is 58.0 Å². The maximum Gasteiger partial charge on any atom is 0.504 e. The lowest BCUT2D eigenvalue weighted by molar-refractivity contribution is -0.389. The van der Waals surface area contributed by atoms with Gasteiger partial charge in [0.1, 0.15) is 29.3 Å². The number of aromatic nitrogens is 5. The first-order chi connectivity index (χ1) is 36.5. The van der Waals surface area contributed by atoms with Crippen LogP contribution in [0.5, 0.6) is 0 Å². The van der Waals surface area contributed by atoms with Crippen LogP contribution in [-0.2, 0) is 9.31 Å². The lowest BCUT2D eigenvalue weighted by atomic mass is 9.76. The van der Waals surface area contributed by atoms with Crippen LogP contribution in [0.3, 0.4) is 0 Å². The van der Waals surface area contributed by atoms with Crippen LogP contribution < -0.4 is 5.46 Å². The molecule has 0 radical (unpaired) electrons. The Kier molecular flexibility index (Phi) is 17.1. The van der Waals surface area contributed by atoms with Crippen molar-refractivity contribution >= 4 is 157 Å². The number of nitrogens with zero attached hydrogens (tertiary/aromatic N) is 7. The molecule has 9 heterocycles. The van der Waals surface area contributed by atoms with E-state index in [2.05, 4.69) is 69.8 Å². The molecule has 4 aromatic carbocycles. The standard InChI is InChI=1S/C15H17BN2O4.C13H8N2O2S.C13H8N2S.C9H5ClN2O2.C4H3BrS.CH4.H2/c1-14(2)15(3,4)22-16(21-14)12-11-8-6-5-7-10(11)9-17-13(12)18(19)20;16-15(17)13-12(10-5-6-18-8-10)11-4-2-1-3-9(11)7-14-13;1-2-4-9-8(3-1)5-14-13-12(9)10-6-16-7-11(10)15-13;10-8-7-4-2-1-3-6(7)5-11-9(8)12(13)14;5-4-1-2-6-3-4;;/h5-9H,1-4H3;1-8H;1-7H,(H,14,15);1-5H;1-3H;1H4;1H/i;;;;;;1+1. The van der Waals surface area contributed by atoms with Crippen molar-refractivity contribution in [3.63, 3.8) is 0 Å². The van der Waals surface area contributed by atoms with Crippen molar-refractivity contribution in [3.8, 4) is 11.1 Å². The molecule has 22 heteroatoms. The van der Waals surface area contributed by atoms with Crippen molar-refractivity contribution in [3.05, 3.63) is 206 Å². The predicted octanol–water partition coefficient (Wildman–Crippen LogP) is 16.4. The Morgan fingerprint density at radius 3 is 1.60 bits per heavy atom. The quantitative estimate of drug-likeness (QED) is 0.0967. The molecule has 1 aliphatic heterocycles. The Hall–Kier alpha value is -7.63. The summed E-state index contributed by atoms with van der Waals surface area (Å²) in [7, 11) is -0.816. The van der Waals surface area contributed by atoms with E-state index in [0.717, 1.165) is 38.1 Å². The highest BCUT2D eigenvalue weighted by Crippen LogP contribution is 2.39. The van der Waals surface area contributed by atoms with Crippen molar-refractivity contribution in [2.75, 3.05) is 0 Å². The fourth-order valence-electron chi connectivity index (χ4n) is 8.24. The second kappa shape index (κ2) is 23.7. The van der Waals surface area contributed by atoms with E-state index in [0.29, 0.717) is 16.4 Å². The van der Waals surface area contributed by atoms with E-state index < -0.39 is 33.1 Å². The lowest BCUT2D eigenvalue weighted by Gasteiger charge is -2.32. The van der Waals surface area contributed by atoms with Gasteiger partial charge in [0.05, 0.1) is 27.7 Å². The Bertz CT molecular complexity index is 4080. The monoisotopic (exact) mass is 1170 g/mol. The lowest BCUT2D eigenvalue weighted by Crippen LogP contribution is -2.41. The Labute approximate surface area is 467 Å². The van der Waals surface area contributed by atoms with Crippen LogP contribution in [0.25, 0.3) is 76.2 Å². The normalized spacial score (nSPS) is 13.1. The van der Waals surface area contributed by atoms with Gasteiger partial charge in [0.25, 0.3) is 0 Å². The summed E-state index contributed by atoms with van der Waals surface area (Å²) in [5, 5.41) is 55.0. The average molecular weight is 1170 g/mol. The number of benzene rings is 4. The van der Waals surface area contributed by atoms with E-state index in [9.17, 15) is 30.3 Å². The van der Waals surface area contributed by atoms with Crippen molar-refractivity contribution < 1.29 is 25.5 Å². The molecule has 0 aliphatic carbocycles. The molecule has 1 fully saturated rings. The summed E-state index contributed by atoms with van der Waals surface area (Å²) in [6.07, 6.45) is 6.42. The van der Waals surface area contributed by atoms with Gasteiger partial charge in [-0.2, -0.15) is 22.7 Å². The number of hydrogen-bond acceptors (Lipinski definition) is 15. The number of nitro groups is 3. The number of rotatable bonds is 5. The van der Waals surface area contributed by atoms with Gasteiger partial charge in [-0.3, -0.25) is 0 Å². The molecule has 0 amide bonds. The fraction of sp³-hybridized carbons (Fsp3) is 0.127. The summed E-state index contributed by atoms with van der Waals surface area (Å²) >= 11 is 14.1. The van der Waals surface area contributed by atoms with Gasteiger partial charge in [-0.25, -0.2) is 4.98 Å². The van der Waals surface area contributed by atoms with Gasteiger partial charge in [-0.1, -0.05) is 116 Å². The number of fused-ring (bicyclic) bond motifs is 8. The van der Waals surface area contributed by atoms with Crippen molar-refractivity contribution in [1.82, 2.24) is 24.9 Å². The minimum absolute atomic E-state index is 0. The molecule has 12 aromatic rings. The smallest absolute Gasteiger partial charge is 0.399 e. The first-order valence-corrected chi connectivity index (χ1v) is 27.0. The highest BCUT2D eigenvalue weighted by molar-refractivity contribution is 9.10. The van der Waals surface area contributed by atoms with Gasteiger partial charge in [0.2, 0.25) is 0 Å². The average Bonchev–Trinajstić information content (AvgIpc) is 4.42. The molecule has 0 saturated carbocycles. The molecule has 390 valence electrons. The Balaban J connectivity index is 0.000000146. The number of nitrogens with one attached hydrogen (secondary N) is 1. The van der Waals surface area contributed by atoms with E-state index in [1.165, 1.54) is 55.3 Å². The van der Waals surface area contributed by atoms with Gasteiger partial charge in [0.15, 0.2) is 0 Å². The third kappa shape index (κ3) is 11.9. The summed E-state index contributed by atoms with van der Waals surface area (Å²) < 4.78 is 13.1. The molecule has 13 rings (SSSR count). The van der Waals surface area contributed by atoms with Crippen molar-refractivity contribution in [2.45, 2.75) is 46.3 Å². The molecule has 8 aromatic heterocycles. The maximum absolute atomic E-state index is 11.4. The minimum atomic E-state index is -0.816. The van der Waals surface area contributed by atoms with E-state index in [-0.39, 0.29) is 31.3 Å². The highest BCUT2D eigenvalue weighted by Gasteiger charge is 2.54. The number of halogens is 2. The first-order valence-electron chi connectivity index (χ1n) is 23.0. The zero-order valence-electron chi connectivity index (χ0n) is 40.6. The second-order valence-corrected chi connectivity index (χ2v) is 21.4. The third-order valence-electron chi connectivity index (χ3n) is 12.6. The van der Waals surface area contributed by atoms with Gasteiger partial charge in [-0.05, 0) is 112 Å². The van der Waals surface area contributed by atoms with Crippen molar-refractivity contribution in [2.24, 2.45) is 0 Å². The Morgan fingerprint density at radius 1 is 0.571 bits per heavy atom. The van der Waals surface area contributed by atoms with Gasteiger partial charge in [-0.15, -0.1) is 11.3 Å². The first kappa shape index (κ1) is 55.6. The molecular weight excluding hydrogens is 1120 g/mol. The van der Waals surface area contributed by atoms with Crippen LogP contribution in [0, 0.1) is 30.3 Å². The van der Waals surface area contributed by atoms with E-state index in [4.69, 9.17) is 20.9 Å². The fourth-order valence-corrected chi connectivity index (χ4v) is 11.1. The maximum atomic E-state index is 11.4. The van der Waals surface area contributed by atoms with Crippen LogP contribution in [0.1, 0.15) is 36.5 Å². The SMILES string of the molecule is Brc1ccsc1.C.CC1(C)OB(c2c([N+](=O)[O-])ncc3ccccc23)OC1(C)C.O=[N+]([O-])c1ncc2ccccc2c1-c1ccsc1.O=[N+]([O-])c1ncc2ccccc2c1Cl.[2HH].c1ccc2c(c1)cnc1[nH]c3cscc3c12. The highest BCUT2D eigenvalue weighted by atomic mass is 79.9. The molecule has 16 nitrogen and oxygen atoms in total. The zero-order valence-corrected chi connectivity index (χ0v) is 45.4. The molecule has 0 atom stereocenters. The molecule has 0 bridgehead atoms. The number of pyridine rings is 4. The van der Waals surface area contributed by atoms with Gasteiger partial charge < -0.3 is 44.6 Å².